The third kappa shape index (κ3) is 5.61. The van der Waals surface area contributed by atoms with Crippen molar-refractivity contribution in [1.29, 1.82) is 0 Å². The quantitative estimate of drug-likeness (QED) is 0.411. The molecule has 228 valence electrons. The highest BCUT2D eigenvalue weighted by atomic mass is 35.5. The molecule has 1 aliphatic carbocycles. The molecule has 1 spiro atoms. The van der Waals surface area contributed by atoms with E-state index in [1.807, 2.05) is 37.4 Å². The van der Waals surface area contributed by atoms with E-state index in [2.05, 4.69) is 41.5 Å². The molecule has 8 atom stereocenters. The molecule has 2 bridgehead atoms. The molecule has 8 nitrogen and oxygen atoms in total. The summed E-state index contributed by atoms with van der Waals surface area (Å²) >= 11 is 6.03. The van der Waals surface area contributed by atoms with Crippen LogP contribution in [0.1, 0.15) is 38.7 Å². The molecule has 6 rings (SSSR count). The third-order valence-electron chi connectivity index (χ3n) is 10.1. The van der Waals surface area contributed by atoms with Gasteiger partial charge in [0.15, 0.2) is 0 Å². The average molecular weight is 605 g/mol. The molecule has 3 fully saturated rings. The molecular weight excluding hydrogens is 564 g/mol. The number of halogens is 1. The number of likely N-dealkylation sites (N-methyl/N-ethyl adjacent to an activating group) is 1. The number of rotatable bonds is 9. The predicted molar refractivity (Wildman–Crippen MR) is 166 cm³/mol. The smallest absolute Gasteiger partial charge is 0.246 e. The van der Waals surface area contributed by atoms with Gasteiger partial charge in [0.25, 0.3) is 0 Å². The topological polar surface area (TPSA) is 91.0 Å². The van der Waals surface area contributed by atoms with Gasteiger partial charge in [0, 0.05) is 36.4 Å². The molecule has 2 aromatic carbocycles. The van der Waals surface area contributed by atoms with E-state index in [9.17, 15) is 14.4 Å². The standard InChI is InChI=1S/C34H41ClN4O4/c1-21-8-7-11-26(22(21)2)37-32(41)30-34-17-16-27(43-34)28(31(40)36-25-14-12-24(35)13-15-25)29(34)33(42)39(30)19-18-38(3)20-23-9-5-4-6-10-23/h4-6,9-10,12-17,21-22,26-30H,7-8,11,18-20H2,1-3H3,(H,36,40)(H,37,41)/t21-,22-,26+,27+,28+,29+,30+,34+/m1/s1. The zero-order chi connectivity index (χ0) is 30.3. The second kappa shape index (κ2) is 12.1. The van der Waals surface area contributed by atoms with E-state index in [1.165, 1.54) is 5.56 Å². The fraction of sp³-hybridized carbons (Fsp3) is 0.500. The number of carbonyl (C=O) groups excluding carboxylic acids is 3. The Morgan fingerprint density at radius 2 is 1.81 bits per heavy atom. The highest BCUT2D eigenvalue weighted by molar-refractivity contribution is 6.30. The summed E-state index contributed by atoms with van der Waals surface area (Å²) in [6.07, 6.45) is 6.28. The second-order valence-corrected chi connectivity index (χ2v) is 13.3. The lowest BCUT2D eigenvalue weighted by atomic mass is 9.73. The van der Waals surface area contributed by atoms with Crippen LogP contribution < -0.4 is 10.6 Å². The first-order valence-corrected chi connectivity index (χ1v) is 15.8. The summed E-state index contributed by atoms with van der Waals surface area (Å²) in [5.41, 5.74) is 0.580. The Balaban J connectivity index is 1.26. The van der Waals surface area contributed by atoms with Crippen LogP contribution in [-0.2, 0) is 25.7 Å². The molecule has 2 aromatic rings. The number of benzene rings is 2. The second-order valence-electron chi connectivity index (χ2n) is 12.8. The van der Waals surface area contributed by atoms with Gasteiger partial charge in [-0.25, -0.2) is 0 Å². The normalized spacial score (nSPS) is 32.7. The minimum atomic E-state index is -1.19. The molecule has 0 unspecified atom stereocenters. The van der Waals surface area contributed by atoms with E-state index >= 15 is 0 Å². The first-order valence-electron chi connectivity index (χ1n) is 15.4. The van der Waals surface area contributed by atoms with E-state index in [0.29, 0.717) is 35.6 Å². The van der Waals surface area contributed by atoms with Crippen molar-refractivity contribution in [3.8, 4) is 0 Å². The van der Waals surface area contributed by atoms with E-state index in [0.717, 1.165) is 25.8 Å². The Morgan fingerprint density at radius 1 is 1.07 bits per heavy atom. The van der Waals surface area contributed by atoms with Gasteiger partial charge >= 0.3 is 0 Å². The van der Waals surface area contributed by atoms with Crippen molar-refractivity contribution in [2.45, 2.75) is 63.4 Å². The monoisotopic (exact) mass is 604 g/mol. The van der Waals surface area contributed by atoms with Gasteiger partial charge in [0.2, 0.25) is 17.7 Å². The van der Waals surface area contributed by atoms with Crippen molar-refractivity contribution < 1.29 is 19.1 Å². The van der Waals surface area contributed by atoms with Crippen molar-refractivity contribution in [1.82, 2.24) is 15.1 Å². The molecule has 43 heavy (non-hydrogen) atoms. The van der Waals surface area contributed by atoms with E-state index in [-0.39, 0.29) is 23.8 Å². The van der Waals surface area contributed by atoms with Crippen LogP contribution in [0.4, 0.5) is 5.69 Å². The van der Waals surface area contributed by atoms with Crippen LogP contribution in [0.25, 0.3) is 0 Å². The zero-order valence-corrected chi connectivity index (χ0v) is 25.8. The van der Waals surface area contributed by atoms with Crippen LogP contribution >= 0.6 is 11.6 Å². The first-order chi connectivity index (χ1) is 20.7. The maximum absolute atomic E-state index is 14.3. The van der Waals surface area contributed by atoms with Crippen LogP contribution in [0.15, 0.2) is 66.7 Å². The number of likely N-dealkylation sites (tertiary alicyclic amines) is 1. The number of hydrogen-bond acceptors (Lipinski definition) is 5. The fourth-order valence-electron chi connectivity index (χ4n) is 7.57. The van der Waals surface area contributed by atoms with Gasteiger partial charge in [0.1, 0.15) is 11.6 Å². The lowest BCUT2D eigenvalue weighted by Crippen LogP contribution is -2.58. The Hall–Kier alpha value is -3.20. The SMILES string of the molecule is C[C@@H]1[C@H](C)CCC[C@@H]1NC(=O)[C@@H]1N(CCN(C)Cc2ccccc2)C(=O)[C@@H]2[C@@H](C(=O)Nc3ccc(Cl)cc3)[C@@H]3C=C[C@]21O3. The summed E-state index contributed by atoms with van der Waals surface area (Å²) in [6, 6.07) is 16.2. The highest BCUT2D eigenvalue weighted by Crippen LogP contribution is 2.55. The average Bonchev–Trinajstić information content (AvgIpc) is 3.63. The summed E-state index contributed by atoms with van der Waals surface area (Å²) in [5, 5.41) is 6.84. The van der Waals surface area contributed by atoms with Gasteiger partial charge in [0.05, 0.1) is 17.9 Å². The molecular formula is C34H41ClN4O4. The summed E-state index contributed by atoms with van der Waals surface area (Å²) < 4.78 is 6.52. The number of ether oxygens (including phenoxy) is 1. The van der Waals surface area contributed by atoms with E-state index in [4.69, 9.17) is 16.3 Å². The van der Waals surface area contributed by atoms with Gasteiger partial charge in [-0.3, -0.25) is 14.4 Å². The number of anilines is 1. The molecule has 3 heterocycles. The van der Waals surface area contributed by atoms with Crippen LogP contribution in [0, 0.1) is 23.7 Å². The molecule has 4 aliphatic rings. The molecule has 2 N–H and O–H groups in total. The van der Waals surface area contributed by atoms with Crippen LogP contribution in [0.3, 0.4) is 0 Å². The van der Waals surface area contributed by atoms with Crippen molar-refractivity contribution >= 4 is 35.0 Å². The maximum Gasteiger partial charge on any atom is 0.246 e. The van der Waals surface area contributed by atoms with Crippen molar-refractivity contribution in [2.75, 3.05) is 25.5 Å². The number of nitrogens with one attached hydrogen (secondary N) is 2. The lowest BCUT2D eigenvalue weighted by Gasteiger charge is -2.38. The Bertz CT molecular complexity index is 1380. The van der Waals surface area contributed by atoms with Crippen LogP contribution in [-0.4, -0.2) is 71.4 Å². The third-order valence-corrected chi connectivity index (χ3v) is 10.3. The first kappa shape index (κ1) is 29.9. The molecule has 1 saturated carbocycles. The highest BCUT2D eigenvalue weighted by Gasteiger charge is 2.72. The van der Waals surface area contributed by atoms with Crippen LogP contribution in [0.2, 0.25) is 5.02 Å². The van der Waals surface area contributed by atoms with Crippen molar-refractivity contribution in [2.24, 2.45) is 23.7 Å². The Labute approximate surface area is 258 Å². The van der Waals surface area contributed by atoms with E-state index in [1.54, 1.807) is 29.2 Å². The Kier molecular flexibility index (Phi) is 8.37. The molecule has 2 saturated heterocycles. The number of carbonyl (C=O) groups is 3. The summed E-state index contributed by atoms with van der Waals surface area (Å²) in [6.45, 7) is 6.07. The fourth-order valence-corrected chi connectivity index (χ4v) is 7.69. The Morgan fingerprint density at radius 3 is 2.56 bits per heavy atom. The molecule has 3 amide bonds. The molecule has 0 radical (unpaired) electrons. The maximum atomic E-state index is 14.3. The van der Waals surface area contributed by atoms with E-state index < -0.39 is 29.6 Å². The predicted octanol–water partition coefficient (Wildman–Crippen LogP) is 4.50. The van der Waals surface area contributed by atoms with Crippen molar-refractivity contribution in [3.63, 3.8) is 0 Å². The number of hydrogen-bond donors (Lipinski definition) is 2. The van der Waals surface area contributed by atoms with Crippen LogP contribution in [0.5, 0.6) is 0 Å². The van der Waals surface area contributed by atoms with Crippen molar-refractivity contribution in [3.05, 3.63) is 77.3 Å². The molecule has 9 heteroatoms. The number of nitrogens with zero attached hydrogens (tertiary/aromatic N) is 2. The minimum absolute atomic E-state index is 0.0380. The van der Waals surface area contributed by atoms with Gasteiger partial charge < -0.3 is 25.2 Å². The summed E-state index contributed by atoms with van der Waals surface area (Å²) in [7, 11) is 2.01. The number of amides is 3. The van der Waals surface area contributed by atoms with Gasteiger partial charge in [-0.1, -0.05) is 80.8 Å². The largest absolute Gasteiger partial charge is 0.359 e. The minimum Gasteiger partial charge on any atom is -0.359 e. The van der Waals surface area contributed by atoms with Gasteiger partial charge in [-0.2, -0.15) is 0 Å². The zero-order valence-electron chi connectivity index (χ0n) is 25.0. The van der Waals surface area contributed by atoms with Gasteiger partial charge in [-0.15, -0.1) is 0 Å². The molecule has 0 aromatic heterocycles. The number of fused-ring (bicyclic) bond motifs is 1. The summed E-state index contributed by atoms with van der Waals surface area (Å²) in [5.74, 6) is -1.39. The summed E-state index contributed by atoms with van der Waals surface area (Å²) in [4.78, 5) is 46.0. The molecule has 3 aliphatic heterocycles. The lowest BCUT2D eigenvalue weighted by molar-refractivity contribution is -0.141. The van der Waals surface area contributed by atoms with Gasteiger partial charge in [-0.05, 0) is 55.1 Å².